The fourth-order valence-corrected chi connectivity index (χ4v) is 3.91. The van der Waals surface area contributed by atoms with Gasteiger partial charge >= 0.3 is 5.97 Å². The number of nitrogens with two attached hydrogens (primary N) is 1. The van der Waals surface area contributed by atoms with Gasteiger partial charge in [0.1, 0.15) is 11.8 Å². The number of aliphatic carboxylic acids is 1. The van der Waals surface area contributed by atoms with Crippen molar-refractivity contribution in [2.24, 2.45) is 0 Å². The molecule has 16 nitrogen and oxygen atoms in total. The van der Waals surface area contributed by atoms with Crippen LogP contribution >= 0.6 is 0 Å². The molecule has 2 heterocycles. The first-order valence-electron chi connectivity index (χ1n) is 13.9. The van der Waals surface area contributed by atoms with Crippen molar-refractivity contribution in [2.45, 2.75) is 45.2 Å². The van der Waals surface area contributed by atoms with E-state index in [1.54, 1.807) is 12.1 Å². The lowest BCUT2D eigenvalue weighted by atomic mass is 10.1. The highest BCUT2D eigenvalue weighted by molar-refractivity contribution is 5.97. The van der Waals surface area contributed by atoms with Gasteiger partial charge in [0, 0.05) is 44.2 Å². The van der Waals surface area contributed by atoms with Gasteiger partial charge in [0.05, 0.1) is 38.3 Å². The molecule has 0 radical (unpaired) electrons. The Morgan fingerprint density at radius 2 is 1.75 bits per heavy atom. The zero-order valence-corrected chi connectivity index (χ0v) is 24.3. The smallest absolute Gasteiger partial charge is 0.326 e. The van der Waals surface area contributed by atoms with Crippen molar-refractivity contribution in [1.29, 1.82) is 0 Å². The number of carboxylic acid groups (broad SMARTS) is 1. The number of carbonyl (C=O) groups excluding carboxylic acids is 3. The molecule has 0 aliphatic heterocycles. The van der Waals surface area contributed by atoms with Crippen LogP contribution in [0.4, 0.5) is 11.6 Å². The lowest BCUT2D eigenvalue weighted by molar-refractivity contribution is -0.139. The summed E-state index contributed by atoms with van der Waals surface area (Å²) in [4.78, 5) is 74.0. The number of benzene rings is 1. The Hall–Kier alpha value is -4.96. The molecule has 1 aromatic carbocycles. The average Bonchev–Trinajstić information content (AvgIpc) is 2.99. The molecule has 0 bridgehead atoms. The first kappa shape index (κ1) is 33.5. The number of hydrogen-bond donors (Lipinski definition) is 6. The molecule has 0 aliphatic carbocycles. The number of nitrogens with one attached hydrogen (secondary N) is 4. The minimum absolute atomic E-state index is 0.000650. The van der Waals surface area contributed by atoms with Gasteiger partial charge in [-0.2, -0.15) is 4.98 Å². The van der Waals surface area contributed by atoms with E-state index in [9.17, 15) is 29.1 Å². The number of amides is 2. The van der Waals surface area contributed by atoms with Crippen LogP contribution in [0.5, 0.6) is 0 Å². The Labute approximate surface area is 252 Å². The number of anilines is 2. The van der Waals surface area contributed by atoms with Crippen molar-refractivity contribution in [1.82, 2.24) is 30.6 Å². The molecule has 3 aromatic rings. The highest BCUT2D eigenvalue weighted by atomic mass is 16.5. The van der Waals surface area contributed by atoms with Crippen molar-refractivity contribution in [3.05, 3.63) is 52.1 Å². The molecule has 0 saturated heterocycles. The number of aromatic nitrogens is 4. The van der Waals surface area contributed by atoms with Gasteiger partial charge in [-0.15, -0.1) is 0 Å². The summed E-state index contributed by atoms with van der Waals surface area (Å²) in [5.41, 5.74) is 6.57. The SMILES string of the molecule is CC(=O)NCCOCCOCCCC(=O)CCC(NC(=O)c1ccc(NCc2cnc3nc(N)[nH]c(=O)c3n2)cc1)C(=O)O. The summed E-state index contributed by atoms with van der Waals surface area (Å²) in [6, 6.07) is 5.10. The van der Waals surface area contributed by atoms with Gasteiger partial charge in [-0.05, 0) is 37.1 Å². The minimum atomic E-state index is -1.24. The summed E-state index contributed by atoms with van der Waals surface area (Å²) in [5.74, 6) is -2.13. The van der Waals surface area contributed by atoms with Gasteiger partial charge in [0.15, 0.2) is 11.2 Å². The van der Waals surface area contributed by atoms with E-state index in [0.717, 1.165) is 0 Å². The Morgan fingerprint density at radius 3 is 2.45 bits per heavy atom. The number of aromatic amines is 1. The molecule has 2 amide bonds. The van der Waals surface area contributed by atoms with Crippen LogP contribution in [-0.4, -0.2) is 87.6 Å². The zero-order chi connectivity index (χ0) is 31.9. The molecule has 0 spiro atoms. The normalized spacial score (nSPS) is 11.6. The maximum Gasteiger partial charge on any atom is 0.326 e. The monoisotopic (exact) mass is 612 g/mol. The van der Waals surface area contributed by atoms with Crippen molar-refractivity contribution in [2.75, 3.05) is 44.0 Å². The molecule has 1 atom stereocenters. The molecule has 7 N–H and O–H groups in total. The lowest BCUT2D eigenvalue weighted by Gasteiger charge is -2.14. The second-order valence-corrected chi connectivity index (χ2v) is 9.67. The highest BCUT2D eigenvalue weighted by Gasteiger charge is 2.21. The molecule has 16 heteroatoms. The van der Waals surface area contributed by atoms with Crippen molar-refractivity contribution < 1.29 is 33.8 Å². The molecular formula is C28H36N8O8. The average molecular weight is 613 g/mol. The summed E-state index contributed by atoms with van der Waals surface area (Å²) < 4.78 is 10.7. The van der Waals surface area contributed by atoms with Crippen LogP contribution in [0.1, 0.15) is 48.7 Å². The number of ether oxygens (including phenoxy) is 2. The summed E-state index contributed by atoms with van der Waals surface area (Å²) in [6.45, 7) is 3.54. The topological polar surface area (TPSA) is 241 Å². The zero-order valence-electron chi connectivity index (χ0n) is 24.3. The third-order valence-electron chi connectivity index (χ3n) is 6.16. The summed E-state index contributed by atoms with van der Waals surface area (Å²) in [6.07, 6.45) is 2.13. The standard InChI is InChI=1S/C28H36N8O8/c1-17(37)30-10-12-44-14-13-43-11-2-3-21(38)8-9-22(27(41)42)34-25(39)18-4-6-19(7-5-18)31-15-20-16-32-24-23(33-20)26(40)36-28(29)35-24/h4-7,16,22,31H,2-3,8-15H2,1H3,(H,30,37)(H,34,39)(H,41,42)(H3,29,32,35,36,40). The number of nitrogens with zero attached hydrogens (tertiary/aromatic N) is 3. The van der Waals surface area contributed by atoms with E-state index in [2.05, 4.69) is 35.9 Å². The van der Waals surface area contributed by atoms with Crippen LogP contribution in [0.2, 0.25) is 0 Å². The van der Waals surface area contributed by atoms with Crippen molar-refractivity contribution >= 4 is 46.4 Å². The summed E-state index contributed by atoms with van der Waals surface area (Å²) in [5, 5.41) is 17.7. The van der Waals surface area contributed by atoms with Gasteiger partial charge < -0.3 is 36.3 Å². The molecular weight excluding hydrogens is 576 g/mol. The Morgan fingerprint density at radius 1 is 1.02 bits per heavy atom. The number of hydrogen-bond acceptors (Lipinski definition) is 12. The van der Waals surface area contributed by atoms with Gasteiger partial charge in [0.2, 0.25) is 11.9 Å². The van der Waals surface area contributed by atoms with Crippen LogP contribution in [-0.2, 0) is 30.4 Å². The predicted molar refractivity (Wildman–Crippen MR) is 159 cm³/mol. The van der Waals surface area contributed by atoms with E-state index in [-0.39, 0.29) is 60.2 Å². The second-order valence-electron chi connectivity index (χ2n) is 9.67. The minimum Gasteiger partial charge on any atom is -0.480 e. The Balaban J connectivity index is 1.36. The number of ketones is 1. The van der Waals surface area contributed by atoms with Crippen LogP contribution in [0.3, 0.4) is 0 Å². The Kier molecular flexibility index (Phi) is 13.1. The largest absolute Gasteiger partial charge is 0.480 e. The van der Waals surface area contributed by atoms with E-state index >= 15 is 0 Å². The first-order chi connectivity index (χ1) is 21.1. The van der Waals surface area contributed by atoms with Gasteiger partial charge in [0.25, 0.3) is 11.5 Å². The second kappa shape index (κ2) is 17.2. The fourth-order valence-electron chi connectivity index (χ4n) is 3.91. The molecule has 3 rings (SSSR count). The maximum absolute atomic E-state index is 12.7. The van der Waals surface area contributed by atoms with Crippen LogP contribution in [0.25, 0.3) is 11.2 Å². The lowest BCUT2D eigenvalue weighted by Crippen LogP contribution is -2.41. The molecule has 0 saturated carbocycles. The third kappa shape index (κ3) is 11.4. The van der Waals surface area contributed by atoms with Crippen LogP contribution in [0.15, 0.2) is 35.3 Å². The molecule has 236 valence electrons. The molecule has 0 fully saturated rings. The predicted octanol–water partition coefficient (Wildman–Crippen LogP) is 0.389. The fraction of sp³-hybridized carbons (Fsp3) is 0.429. The number of Topliss-reactive ketones (excluding diaryl/α,β-unsaturated/α-hetero) is 1. The number of nitrogen functional groups attached to an aromatic ring is 1. The molecule has 2 aromatic heterocycles. The van der Waals surface area contributed by atoms with E-state index in [1.807, 2.05) is 0 Å². The summed E-state index contributed by atoms with van der Waals surface area (Å²) >= 11 is 0. The number of carbonyl (C=O) groups is 4. The van der Waals surface area contributed by atoms with Crippen LogP contribution in [0, 0.1) is 0 Å². The van der Waals surface area contributed by atoms with Gasteiger partial charge in [-0.1, -0.05) is 0 Å². The quantitative estimate of drug-likeness (QED) is 0.101. The number of carboxylic acids is 1. The number of fused-ring (bicyclic) bond motifs is 1. The number of rotatable bonds is 19. The first-order valence-corrected chi connectivity index (χ1v) is 13.9. The molecule has 0 aliphatic rings. The van der Waals surface area contributed by atoms with E-state index in [4.69, 9.17) is 15.2 Å². The Bertz CT molecular complexity index is 1500. The van der Waals surface area contributed by atoms with Crippen molar-refractivity contribution in [3.8, 4) is 0 Å². The molecule has 44 heavy (non-hydrogen) atoms. The number of H-pyrrole nitrogens is 1. The molecule has 1 unspecified atom stereocenters. The summed E-state index contributed by atoms with van der Waals surface area (Å²) in [7, 11) is 0. The van der Waals surface area contributed by atoms with E-state index in [1.165, 1.54) is 25.3 Å². The highest BCUT2D eigenvalue weighted by Crippen LogP contribution is 2.13. The van der Waals surface area contributed by atoms with Crippen LogP contribution < -0.4 is 27.2 Å². The van der Waals surface area contributed by atoms with E-state index < -0.39 is 23.5 Å². The van der Waals surface area contributed by atoms with Gasteiger partial charge in [-0.25, -0.2) is 14.8 Å². The maximum atomic E-state index is 12.7. The third-order valence-corrected chi connectivity index (χ3v) is 6.16. The van der Waals surface area contributed by atoms with Gasteiger partial charge in [-0.3, -0.25) is 24.2 Å². The van der Waals surface area contributed by atoms with Crippen molar-refractivity contribution in [3.63, 3.8) is 0 Å². The van der Waals surface area contributed by atoms with E-state index in [0.29, 0.717) is 50.8 Å².